The molecule has 0 aliphatic rings. The summed E-state index contributed by atoms with van der Waals surface area (Å²) in [6, 6.07) is 10.0. The van der Waals surface area contributed by atoms with Gasteiger partial charge in [-0.25, -0.2) is 9.37 Å². The third kappa shape index (κ3) is 2.94. The minimum Gasteiger partial charge on any atom is -0.373 e. The van der Waals surface area contributed by atoms with Gasteiger partial charge in [0.1, 0.15) is 17.5 Å². The predicted molar refractivity (Wildman–Crippen MR) is 71.2 cm³/mol. The van der Waals surface area contributed by atoms with E-state index in [1.807, 2.05) is 18.2 Å². The van der Waals surface area contributed by atoms with E-state index in [4.69, 9.17) is 0 Å². The van der Waals surface area contributed by atoms with Crippen LogP contribution in [0.15, 0.2) is 40.9 Å². The van der Waals surface area contributed by atoms with Crippen LogP contribution in [0, 0.1) is 5.82 Å². The van der Waals surface area contributed by atoms with Crippen molar-refractivity contribution < 1.29 is 4.39 Å². The molecule has 0 bridgehead atoms. The van der Waals surface area contributed by atoms with Crippen LogP contribution in [0.3, 0.4) is 0 Å². The SMILES string of the molecule is CNc1cccc(Nc2cc(F)ccc2Br)n1. The van der Waals surface area contributed by atoms with Crippen molar-refractivity contribution in [2.45, 2.75) is 0 Å². The first-order valence-corrected chi connectivity index (χ1v) is 5.85. The molecule has 5 heteroatoms. The average molecular weight is 296 g/mol. The van der Waals surface area contributed by atoms with Crippen LogP contribution in [0.1, 0.15) is 0 Å². The maximum absolute atomic E-state index is 13.1. The number of rotatable bonds is 3. The molecule has 0 fully saturated rings. The quantitative estimate of drug-likeness (QED) is 0.905. The van der Waals surface area contributed by atoms with E-state index >= 15 is 0 Å². The van der Waals surface area contributed by atoms with E-state index < -0.39 is 0 Å². The van der Waals surface area contributed by atoms with E-state index in [1.54, 1.807) is 13.1 Å². The fraction of sp³-hybridized carbons (Fsp3) is 0.0833. The zero-order valence-electron chi connectivity index (χ0n) is 9.17. The summed E-state index contributed by atoms with van der Waals surface area (Å²) >= 11 is 3.35. The average Bonchev–Trinajstić information content (AvgIpc) is 2.34. The normalized spacial score (nSPS) is 10.1. The predicted octanol–water partition coefficient (Wildman–Crippen LogP) is 3.77. The highest BCUT2D eigenvalue weighted by atomic mass is 79.9. The van der Waals surface area contributed by atoms with Gasteiger partial charge in [-0.05, 0) is 46.3 Å². The summed E-state index contributed by atoms with van der Waals surface area (Å²) in [6.45, 7) is 0. The number of nitrogens with zero attached hydrogens (tertiary/aromatic N) is 1. The van der Waals surface area contributed by atoms with Gasteiger partial charge >= 0.3 is 0 Å². The van der Waals surface area contributed by atoms with Crippen molar-refractivity contribution in [1.29, 1.82) is 0 Å². The number of nitrogens with one attached hydrogen (secondary N) is 2. The van der Waals surface area contributed by atoms with E-state index in [0.29, 0.717) is 11.5 Å². The third-order valence-corrected chi connectivity index (χ3v) is 2.89. The molecule has 0 aliphatic carbocycles. The highest BCUT2D eigenvalue weighted by molar-refractivity contribution is 9.10. The Morgan fingerprint density at radius 1 is 1.18 bits per heavy atom. The topological polar surface area (TPSA) is 37.0 Å². The fourth-order valence-electron chi connectivity index (χ4n) is 1.37. The first kappa shape index (κ1) is 11.9. The molecule has 1 aromatic heterocycles. The zero-order valence-corrected chi connectivity index (χ0v) is 10.8. The summed E-state index contributed by atoms with van der Waals surface area (Å²) in [7, 11) is 1.80. The van der Waals surface area contributed by atoms with Crippen molar-refractivity contribution in [3.63, 3.8) is 0 Å². The van der Waals surface area contributed by atoms with Crippen LogP contribution in [0.4, 0.5) is 21.7 Å². The molecule has 17 heavy (non-hydrogen) atoms. The Morgan fingerprint density at radius 3 is 2.71 bits per heavy atom. The van der Waals surface area contributed by atoms with Crippen molar-refractivity contribution >= 4 is 33.3 Å². The highest BCUT2D eigenvalue weighted by Gasteiger charge is 2.03. The van der Waals surface area contributed by atoms with Crippen LogP contribution in [0.2, 0.25) is 0 Å². The Morgan fingerprint density at radius 2 is 1.94 bits per heavy atom. The zero-order chi connectivity index (χ0) is 12.3. The second kappa shape index (κ2) is 5.14. The van der Waals surface area contributed by atoms with Gasteiger partial charge in [-0.2, -0.15) is 0 Å². The summed E-state index contributed by atoms with van der Waals surface area (Å²) in [5.74, 6) is 1.12. The smallest absolute Gasteiger partial charge is 0.132 e. The van der Waals surface area contributed by atoms with Gasteiger partial charge in [0.05, 0.1) is 5.69 Å². The molecule has 0 atom stereocenters. The molecule has 2 N–H and O–H groups in total. The number of pyridine rings is 1. The first-order valence-electron chi connectivity index (χ1n) is 5.06. The monoisotopic (exact) mass is 295 g/mol. The van der Waals surface area contributed by atoms with Gasteiger partial charge < -0.3 is 10.6 Å². The maximum atomic E-state index is 13.1. The van der Waals surface area contributed by atoms with Gasteiger partial charge in [-0.1, -0.05) is 6.07 Å². The second-order valence-corrected chi connectivity index (χ2v) is 4.26. The minimum atomic E-state index is -0.291. The number of hydrogen-bond donors (Lipinski definition) is 2. The molecular formula is C12H11BrFN3. The Kier molecular flexibility index (Phi) is 3.58. The molecule has 0 amide bonds. The van der Waals surface area contributed by atoms with Crippen molar-refractivity contribution in [1.82, 2.24) is 4.98 Å². The van der Waals surface area contributed by atoms with Gasteiger partial charge in [0.25, 0.3) is 0 Å². The summed E-state index contributed by atoms with van der Waals surface area (Å²) in [5.41, 5.74) is 0.644. The van der Waals surface area contributed by atoms with E-state index in [9.17, 15) is 4.39 Å². The number of hydrogen-bond acceptors (Lipinski definition) is 3. The lowest BCUT2D eigenvalue weighted by molar-refractivity contribution is 0.628. The summed E-state index contributed by atoms with van der Waals surface area (Å²) in [4.78, 5) is 4.29. The maximum Gasteiger partial charge on any atom is 0.132 e. The highest BCUT2D eigenvalue weighted by Crippen LogP contribution is 2.26. The molecule has 1 aromatic carbocycles. The van der Waals surface area contributed by atoms with E-state index in [2.05, 4.69) is 31.5 Å². The molecule has 1 heterocycles. The van der Waals surface area contributed by atoms with Crippen LogP contribution in [0.25, 0.3) is 0 Å². The van der Waals surface area contributed by atoms with Crippen molar-refractivity contribution in [2.75, 3.05) is 17.7 Å². The van der Waals surface area contributed by atoms with Crippen molar-refractivity contribution in [3.05, 3.63) is 46.7 Å². The van der Waals surface area contributed by atoms with E-state index in [-0.39, 0.29) is 5.82 Å². The number of benzene rings is 1. The van der Waals surface area contributed by atoms with Crippen LogP contribution >= 0.6 is 15.9 Å². The molecule has 0 radical (unpaired) electrons. The van der Waals surface area contributed by atoms with Crippen molar-refractivity contribution in [3.8, 4) is 0 Å². The Balaban J connectivity index is 2.27. The summed E-state index contributed by atoms with van der Waals surface area (Å²) in [6.07, 6.45) is 0. The Labute approximate surface area is 107 Å². The molecule has 3 nitrogen and oxygen atoms in total. The minimum absolute atomic E-state index is 0.291. The van der Waals surface area contributed by atoms with Crippen LogP contribution in [-0.4, -0.2) is 12.0 Å². The Bertz CT molecular complexity index is 531. The molecule has 0 saturated carbocycles. The molecule has 88 valence electrons. The molecule has 0 aliphatic heterocycles. The van der Waals surface area contributed by atoms with E-state index in [1.165, 1.54) is 12.1 Å². The molecule has 0 unspecified atom stereocenters. The summed E-state index contributed by atoms with van der Waals surface area (Å²) in [5, 5.41) is 5.99. The Hall–Kier alpha value is -1.62. The lowest BCUT2D eigenvalue weighted by atomic mass is 10.3. The third-order valence-electron chi connectivity index (χ3n) is 2.20. The molecule has 2 rings (SSSR count). The molecule has 0 spiro atoms. The lowest BCUT2D eigenvalue weighted by Crippen LogP contribution is -1.98. The van der Waals surface area contributed by atoms with Gasteiger partial charge in [0.15, 0.2) is 0 Å². The molecule has 2 aromatic rings. The largest absolute Gasteiger partial charge is 0.373 e. The van der Waals surface area contributed by atoms with Gasteiger partial charge in [0, 0.05) is 11.5 Å². The fourth-order valence-corrected chi connectivity index (χ4v) is 1.72. The molecular weight excluding hydrogens is 285 g/mol. The van der Waals surface area contributed by atoms with Crippen LogP contribution < -0.4 is 10.6 Å². The van der Waals surface area contributed by atoms with Crippen LogP contribution in [-0.2, 0) is 0 Å². The van der Waals surface area contributed by atoms with Gasteiger partial charge in [-0.3, -0.25) is 0 Å². The number of anilines is 3. The summed E-state index contributed by atoms with van der Waals surface area (Å²) < 4.78 is 13.9. The number of halogens is 2. The standard InChI is InChI=1S/C12H11BrFN3/c1-15-11-3-2-4-12(17-11)16-10-7-8(14)5-6-9(10)13/h2-7H,1H3,(H2,15,16,17). The second-order valence-electron chi connectivity index (χ2n) is 3.41. The van der Waals surface area contributed by atoms with Gasteiger partial charge in [-0.15, -0.1) is 0 Å². The van der Waals surface area contributed by atoms with E-state index in [0.717, 1.165) is 10.3 Å². The van der Waals surface area contributed by atoms with Crippen LogP contribution in [0.5, 0.6) is 0 Å². The molecule has 0 saturated heterocycles. The number of aromatic nitrogens is 1. The lowest BCUT2D eigenvalue weighted by Gasteiger charge is -2.09. The first-order chi connectivity index (χ1) is 8.19. The van der Waals surface area contributed by atoms with Gasteiger partial charge in [0.2, 0.25) is 0 Å². The van der Waals surface area contributed by atoms with Crippen molar-refractivity contribution in [2.24, 2.45) is 0 Å².